The van der Waals surface area contributed by atoms with E-state index < -0.39 is 10.0 Å². The van der Waals surface area contributed by atoms with Gasteiger partial charge in [0.1, 0.15) is 5.75 Å². The van der Waals surface area contributed by atoms with Crippen LogP contribution < -0.4 is 10.1 Å². The molecule has 1 aromatic heterocycles. The normalized spacial score (nSPS) is 11.5. The van der Waals surface area contributed by atoms with Crippen LogP contribution in [-0.4, -0.2) is 54.3 Å². The van der Waals surface area contributed by atoms with Crippen molar-refractivity contribution in [2.45, 2.75) is 23.1 Å². The van der Waals surface area contributed by atoms with Gasteiger partial charge in [0.2, 0.25) is 15.2 Å². The van der Waals surface area contributed by atoms with Crippen molar-refractivity contribution in [1.82, 2.24) is 14.5 Å². The maximum Gasteiger partial charge on any atom is 0.257 e. The third kappa shape index (κ3) is 6.28. The lowest BCUT2D eigenvalue weighted by Gasteiger charge is -2.18. The Bertz CT molecular complexity index is 1120. The predicted octanol–water partition coefficient (Wildman–Crippen LogP) is 3.99. The Balaban J connectivity index is 1.52. The third-order valence-corrected chi connectivity index (χ3v) is 8.41. The van der Waals surface area contributed by atoms with Crippen LogP contribution in [0.15, 0.2) is 63.8 Å². The minimum atomic E-state index is -3.56. The Morgan fingerprint density at radius 1 is 1.06 bits per heavy atom. The van der Waals surface area contributed by atoms with Crippen LogP contribution in [0.4, 0.5) is 5.13 Å². The standard InChI is InChI=1S/C21H24N4O4S3/c1-3-25(4-2)32(27,28)18-12-10-16(11-13-18)19(26)22-20-23-24-21(31-20)30-15-14-29-17-8-6-5-7-9-17/h5-13H,3-4,14-15H2,1-2H3,(H,22,23,26). The van der Waals surface area contributed by atoms with E-state index in [2.05, 4.69) is 15.5 Å². The van der Waals surface area contributed by atoms with E-state index in [1.54, 1.807) is 13.8 Å². The molecule has 0 aliphatic rings. The highest BCUT2D eigenvalue weighted by molar-refractivity contribution is 8.01. The second-order valence-electron chi connectivity index (χ2n) is 6.45. The number of benzene rings is 2. The maximum absolute atomic E-state index is 12.6. The van der Waals surface area contributed by atoms with Crippen LogP contribution in [0.25, 0.3) is 0 Å². The number of nitrogens with zero attached hydrogens (tertiary/aromatic N) is 3. The fourth-order valence-corrected chi connectivity index (χ4v) is 5.88. The van der Waals surface area contributed by atoms with E-state index in [0.29, 0.717) is 36.1 Å². The molecule has 0 aliphatic carbocycles. The van der Waals surface area contributed by atoms with Crippen LogP contribution in [0.3, 0.4) is 0 Å². The largest absolute Gasteiger partial charge is 0.493 e. The number of aromatic nitrogens is 2. The van der Waals surface area contributed by atoms with Crippen molar-refractivity contribution in [2.24, 2.45) is 0 Å². The average molecular weight is 493 g/mol. The predicted molar refractivity (Wildman–Crippen MR) is 127 cm³/mol. The van der Waals surface area contributed by atoms with Crippen LogP contribution >= 0.6 is 23.1 Å². The number of amides is 1. The smallest absolute Gasteiger partial charge is 0.257 e. The van der Waals surface area contributed by atoms with Crippen molar-refractivity contribution in [3.05, 3.63) is 60.2 Å². The van der Waals surface area contributed by atoms with Gasteiger partial charge in [0.15, 0.2) is 4.34 Å². The first-order chi connectivity index (χ1) is 15.4. The molecule has 0 unspecified atom stereocenters. The van der Waals surface area contributed by atoms with Crippen molar-refractivity contribution in [3.8, 4) is 5.75 Å². The molecule has 170 valence electrons. The first-order valence-corrected chi connectivity index (χ1v) is 13.2. The summed E-state index contributed by atoms with van der Waals surface area (Å²) in [7, 11) is -3.56. The molecule has 1 heterocycles. The average Bonchev–Trinajstić information content (AvgIpc) is 3.25. The van der Waals surface area contributed by atoms with Crippen molar-refractivity contribution < 1.29 is 17.9 Å². The van der Waals surface area contributed by atoms with Crippen LogP contribution in [-0.2, 0) is 10.0 Å². The molecule has 1 amide bonds. The summed E-state index contributed by atoms with van der Waals surface area (Å²) in [6.45, 7) is 4.87. The highest BCUT2D eigenvalue weighted by Gasteiger charge is 2.21. The summed E-state index contributed by atoms with van der Waals surface area (Å²) in [5.74, 6) is 1.13. The van der Waals surface area contributed by atoms with Crippen LogP contribution in [0.2, 0.25) is 0 Å². The molecule has 1 N–H and O–H groups in total. The Morgan fingerprint density at radius 2 is 1.75 bits per heavy atom. The highest BCUT2D eigenvalue weighted by atomic mass is 32.2. The first kappa shape index (κ1) is 24.2. The van der Waals surface area contributed by atoms with Gasteiger partial charge in [-0.2, -0.15) is 4.31 Å². The Hall–Kier alpha value is -2.47. The molecule has 0 bridgehead atoms. The minimum Gasteiger partial charge on any atom is -0.493 e. The fraction of sp³-hybridized carbons (Fsp3) is 0.286. The van der Waals surface area contributed by atoms with Crippen LogP contribution in [0, 0.1) is 0 Å². The summed E-state index contributed by atoms with van der Waals surface area (Å²) in [5.41, 5.74) is 0.337. The zero-order valence-corrected chi connectivity index (χ0v) is 20.2. The number of nitrogens with one attached hydrogen (secondary N) is 1. The second kappa shape index (κ2) is 11.4. The van der Waals surface area contributed by atoms with Crippen molar-refractivity contribution in [1.29, 1.82) is 0 Å². The minimum absolute atomic E-state index is 0.157. The number of carbonyl (C=O) groups is 1. The van der Waals surface area contributed by atoms with Gasteiger partial charge in [-0.3, -0.25) is 10.1 Å². The van der Waals surface area contributed by atoms with Crippen LogP contribution in [0.5, 0.6) is 5.75 Å². The molecule has 3 rings (SSSR count). The van der Waals surface area contributed by atoms with E-state index in [-0.39, 0.29) is 10.8 Å². The number of hydrogen-bond acceptors (Lipinski definition) is 8. The Labute approximate surface area is 196 Å². The Kier molecular flexibility index (Phi) is 8.62. The molecular weight excluding hydrogens is 468 g/mol. The van der Waals surface area contributed by atoms with Gasteiger partial charge in [-0.25, -0.2) is 8.42 Å². The van der Waals surface area contributed by atoms with E-state index in [4.69, 9.17) is 4.74 Å². The molecule has 0 saturated carbocycles. The topological polar surface area (TPSA) is 101 Å². The van der Waals surface area contributed by atoms with Gasteiger partial charge in [0.25, 0.3) is 5.91 Å². The maximum atomic E-state index is 12.6. The second-order valence-corrected chi connectivity index (χ2v) is 10.7. The zero-order valence-electron chi connectivity index (χ0n) is 17.7. The van der Waals surface area contributed by atoms with E-state index in [1.165, 1.54) is 51.7 Å². The van der Waals surface area contributed by atoms with Gasteiger partial charge >= 0.3 is 0 Å². The number of para-hydroxylation sites is 1. The van der Waals surface area contributed by atoms with E-state index in [0.717, 1.165) is 10.1 Å². The zero-order chi connectivity index (χ0) is 23.0. The summed E-state index contributed by atoms with van der Waals surface area (Å²) >= 11 is 2.76. The molecule has 11 heteroatoms. The Morgan fingerprint density at radius 3 is 2.41 bits per heavy atom. The number of anilines is 1. The van der Waals surface area contributed by atoms with Gasteiger partial charge < -0.3 is 4.74 Å². The highest BCUT2D eigenvalue weighted by Crippen LogP contribution is 2.26. The van der Waals surface area contributed by atoms with Crippen molar-refractivity contribution in [3.63, 3.8) is 0 Å². The number of sulfonamides is 1. The van der Waals surface area contributed by atoms with Gasteiger partial charge in [0, 0.05) is 24.4 Å². The summed E-state index contributed by atoms with van der Waals surface area (Å²) in [6.07, 6.45) is 0. The quantitative estimate of drug-likeness (QED) is 0.245. The number of hydrogen-bond donors (Lipinski definition) is 1. The van der Waals surface area contributed by atoms with E-state index in [1.807, 2.05) is 30.3 Å². The van der Waals surface area contributed by atoms with Gasteiger partial charge in [-0.1, -0.05) is 55.1 Å². The lowest BCUT2D eigenvalue weighted by atomic mass is 10.2. The molecule has 2 aromatic carbocycles. The molecule has 0 saturated heterocycles. The van der Waals surface area contributed by atoms with Gasteiger partial charge in [0.05, 0.1) is 11.5 Å². The van der Waals surface area contributed by atoms with Crippen LogP contribution in [0.1, 0.15) is 24.2 Å². The summed E-state index contributed by atoms with van der Waals surface area (Å²) in [5, 5.41) is 11.1. The molecule has 8 nitrogen and oxygen atoms in total. The molecule has 0 atom stereocenters. The monoisotopic (exact) mass is 492 g/mol. The number of rotatable bonds is 11. The molecule has 0 aliphatic heterocycles. The fourth-order valence-electron chi connectivity index (χ4n) is 2.78. The molecule has 0 radical (unpaired) electrons. The van der Waals surface area contributed by atoms with Crippen molar-refractivity contribution >= 4 is 44.2 Å². The van der Waals surface area contributed by atoms with E-state index >= 15 is 0 Å². The first-order valence-electron chi connectivity index (χ1n) is 9.99. The molecular formula is C21H24N4O4S3. The lowest BCUT2D eigenvalue weighted by Crippen LogP contribution is -2.30. The SMILES string of the molecule is CCN(CC)S(=O)(=O)c1ccc(C(=O)Nc2nnc(SCCOc3ccccc3)s2)cc1. The lowest BCUT2D eigenvalue weighted by molar-refractivity contribution is 0.102. The summed E-state index contributed by atoms with van der Waals surface area (Å²) in [6, 6.07) is 15.4. The van der Waals surface area contributed by atoms with Gasteiger partial charge in [-0.05, 0) is 36.4 Å². The molecule has 32 heavy (non-hydrogen) atoms. The third-order valence-electron chi connectivity index (χ3n) is 4.41. The number of carbonyl (C=O) groups excluding carboxylic acids is 1. The van der Waals surface area contributed by atoms with Crippen molar-refractivity contribution in [2.75, 3.05) is 30.8 Å². The van der Waals surface area contributed by atoms with E-state index in [9.17, 15) is 13.2 Å². The summed E-state index contributed by atoms with van der Waals surface area (Å²) in [4.78, 5) is 12.6. The molecule has 3 aromatic rings. The molecule has 0 spiro atoms. The van der Waals surface area contributed by atoms with Gasteiger partial charge in [-0.15, -0.1) is 10.2 Å². The number of thioether (sulfide) groups is 1. The molecule has 0 fully saturated rings. The number of ether oxygens (including phenoxy) is 1. The summed E-state index contributed by atoms with van der Waals surface area (Å²) < 4.78 is 32.8.